The van der Waals surface area contributed by atoms with Gasteiger partial charge in [0.05, 0.1) is 6.54 Å². The van der Waals surface area contributed by atoms with Crippen molar-refractivity contribution >= 4 is 27.5 Å². The minimum Gasteiger partial charge on any atom is -0.386 e. The summed E-state index contributed by atoms with van der Waals surface area (Å²) < 4.78 is 14.2. The predicted octanol–water partition coefficient (Wildman–Crippen LogP) is 3.57. The van der Waals surface area contributed by atoms with Gasteiger partial charge in [0.25, 0.3) is 0 Å². The molecule has 0 aliphatic carbocycles. The summed E-state index contributed by atoms with van der Waals surface area (Å²) in [5.41, 5.74) is 0.676. The van der Waals surface area contributed by atoms with Gasteiger partial charge >= 0.3 is 6.03 Å². The summed E-state index contributed by atoms with van der Waals surface area (Å²) in [5.74, 6) is -0.338. The van der Waals surface area contributed by atoms with E-state index in [0.717, 1.165) is 15.0 Å². The number of hydrogen-bond donors (Lipinski definition) is 3. The Hall–Kier alpha value is -2.44. The summed E-state index contributed by atoms with van der Waals surface area (Å²) in [4.78, 5) is 12.6. The van der Waals surface area contributed by atoms with Crippen molar-refractivity contribution in [2.45, 2.75) is 12.6 Å². The first-order chi connectivity index (χ1) is 11.6. The molecule has 3 aromatic rings. The largest absolute Gasteiger partial charge is 0.386 e. The van der Waals surface area contributed by atoms with E-state index in [2.05, 4.69) is 10.6 Å². The molecule has 1 aromatic heterocycles. The average molecular weight is 344 g/mol. The van der Waals surface area contributed by atoms with Gasteiger partial charge in [0.1, 0.15) is 11.9 Å². The molecule has 2 amide bonds. The second kappa shape index (κ2) is 7.42. The summed E-state index contributed by atoms with van der Waals surface area (Å²) >= 11 is 1.51. The third-order valence-corrected chi connectivity index (χ3v) is 4.79. The van der Waals surface area contributed by atoms with E-state index in [4.69, 9.17) is 0 Å². The third-order valence-electron chi connectivity index (χ3n) is 3.57. The molecule has 4 nitrogen and oxygen atoms in total. The van der Waals surface area contributed by atoms with Gasteiger partial charge in [-0.3, -0.25) is 0 Å². The van der Waals surface area contributed by atoms with Gasteiger partial charge < -0.3 is 15.7 Å². The van der Waals surface area contributed by atoms with Gasteiger partial charge in [-0.2, -0.15) is 0 Å². The zero-order chi connectivity index (χ0) is 16.9. The van der Waals surface area contributed by atoms with Crippen LogP contribution in [0.3, 0.4) is 0 Å². The summed E-state index contributed by atoms with van der Waals surface area (Å²) in [7, 11) is 0. The molecule has 0 fully saturated rings. The van der Waals surface area contributed by atoms with E-state index in [1.165, 1.54) is 23.5 Å². The number of aliphatic hydroxyl groups is 1. The lowest BCUT2D eigenvalue weighted by atomic mass is 10.2. The molecular formula is C18H17FN2O2S. The van der Waals surface area contributed by atoms with Gasteiger partial charge in [0, 0.05) is 16.1 Å². The Morgan fingerprint density at radius 1 is 1.12 bits per heavy atom. The van der Waals surface area contributed by atoms with Crippen molar-refractivity contribution in [1.29, 1.82) is 0 Å². The Morgan fingerprint density at radius 2 is 1.96 bits per heavy atom. The molecule has 1 heterocycles. The summed E-state index contributed by atoms with van der Waals surface area (Å²) in [6.45, 7) is 0.338. The van der Waals surface area contributed by atoms with E-state index >= 15 is 0 Å². The minimum atomic E-state index is -0.762. The quantitative estimate of drug-likeness (QED) is 0.663. The second-order valence-electron chi connectivity index (χ2n) is 5.40. The summed E-state index contributed by atoms with van der Waals surface area (Å²) in [6.07, 6.45) is -0.762. The maximum absolute atomic E-state index is 13.1. The van der Waals surface area contributed by atoms with Gasteiger partial charge in [0.15, 0.2) is 0 Å². The van der Waals surface area contributed by atoms with Crippen LogP contribution in [0.15, 0.2) is 54.6 Å². The highest BCUT2D eigenvalue weighted by atomic mass is 32.1. The number of amides is 2. The lowest BCUT2D eigenvalue weighted by molar-refractivity contribution is 0.176. The fourth-order valence-corrected chi connectivity index (χ4v) is 3.40. The van der Waals surface area contributed by atoms with Crippen LogP contribution in [0.5, 0.6) is 0 Å². The number of benzene rings is 2. The zero-order valence-corrected chi connectivity index (χ0v) is 13.6. The molecule has 3 N–H and O–H groups in total. The highest BCUT2D eigenvalue weighted by Gasteiger charge is 2.12. The van der Waals surface area contributed by atoms with Crippen LogP contribution in [0.25, 0.3) is 10.1 Å². The first-order valence-electron chi connectivity index (χ1n) is 7.54. The molecule has 0 bridgehead atoms. The molecule has 0 saturated heterocycles. The average Bonchev–Trinajstić information content (AvgIpc) is 3.02. The van der Waals surface area contributed by atoms with Crippen molar-refractivity contribution in [2.75, 3.05) is 6.54 Å². The summed E-state index contributed by atoms with van der Waals surface area (Å²) in [6, 6.07) is 15.4. The van der Waals surface area contributed by atoms with E-state index in [-0.39, 0.29) is 18.9 Å². The number of urea groups is 1. The van der Waals surface area contributed by atoms with Gasteiger partial charge in [-0.15, -0.1) is 11.3 Å². The molecule has 24 heavy (non-hydrogen) atoms. The van der Waals surface area contributed by atoms with E-state index in [9.17, 15) is 14.3 Å². The first kappa shape index (κ1) is 16.4. The highest BCUT2D eigenvalue weighted by molar-refractivity contribution is 7.19. The number of thiophene rings is 1. The zero-order valence-electron chi connectivity index (χ0n) is 12.8. The van der Waals surface area contributed by atoms with Crippen molar-refractivity contribution in [3.8, 4) is 0 Å². The number of halogens is 1. The van der Waals surface area contributed by atoms with Gasteiger partial charge in [-0.05, 0) is 35.2 Å². The fraction of sp³-hybridized carbons (Fsp3) is 0.167. The van der Waals surface area contributed by atoms with Crippen molar-refractivity contribution in [1.82, 2.24) is 10.6 Å². The molecule has 1 unspecified atom stereocenters. The van der Waals surface area contributed by atoms with Crippen LogP contribution in [0.1, 0.15) is 16.5 Å². The van der Waals surface area contributed by atoms with Crippen molar-refractivity contribution in [2.24, 2.45) is 0 Å². The maximum Gasteiger partial charge on any atom is 0.315 e. The molecule has 0 aliphatic rings. The van der Waals surface area contributed by atoms with Gasteiger partial charge in [0.2, 0.25) is 0 Å². The number of carbonyl (C=O) groups excluding carboxylic acids is 1. The van der Waals surface area contributed by atoms with E-state index in [1.54, 1.807) is 12.1 Å². The number of carbonyl (C=O) groups is 1. The molecule has 0 aliphatic heterocycles. The third kappa shape index (κ3) is 4.10. The lowest BCUT2D eigenvalue weighted by Crippen LogP contribution is -2.37. The molecule has 6 heteroatoms. The fourth-order valence-electron chi connectivity index (χ4n) is 2.35. The van der Waals surface area contributed by atoms with Crippen molar-refractivity contribution < 1.29 is 14.3 Å². The lowest BCUT2D eigenvalue weighted by Gasteiger charge is -2.11. The van der Waals surface area contributed by atoms with Gasteiger partial charge in [-0.1, -0.05) is 30.3 Å². The van der Waals surface area contributed by atoms with E-state index < -0.39 is 12.1 Å². The van der Waals surface area contributed by atoms with Crippen molar-refractivity contribution in [3.63, 3.8) is 0 Å². The minimum absolute atomic E-state index is 0.113. The number of hydrogen-bond acceptors (Lipinski definition) is 3. The summed E-state index contributed by atoms with van der Waals surface area (Å²) in [5, 5.41) is 16.5. The van der Waals surface area contributed by atoms with Crippen LogP contribution in [0.4, 0.5) is 9.18 Å². The van der Waals surface area contributed by atoms with Crippen LogP contribution < -0.4 is 10.6 Å². The number of aliphatic hydroxyl groups excluding tert-OH is 1. The first-order valence-corrected chi connectivity index (χ1v) is 8.36. The van der Waals surface area contributed by atoms with E-state index in [1.807, 2.05) is 30.3 Å². The van der Waals surface area contributed by atoms with Crippen LogP contribution in [0.2, 0.25) is 0 Å². The molecule has 0 saturated carbocycles. The molecule has 2 aromatic carbocycles. The molecule has 0 spiro atoms. The van der Waals surface area contributed by atoms with Crippen LogP contribution in [0, 0.1) is 5.82 Å². The monoisotopic (exact) mass is 344 g/mol. The topological polar surface area (TPSA) is 61.4 Å². The molecule has 1 atom stereocenters. The van der Waals surface area contributed by atoms with E-state index in [0.29, 0.717) is 5.56 Å². The predicted molar refractivity (Wildman–Crippen MR) is 93.4 cm³/mol. The highest BCUT2D eigenvalue weighted by Crippen LogP contribution is 2.29. The van der Waals surface area contributed by atoms with Crippen LogP contribution >= 0.6 is 11.3 Å². The molecular weight excluding hydrogens is 327 g/mol. The Labute approximate surface area is 142 Å². The Morgan fingerprint density at radius 3 is 2.75 bits per heavy atom. The van der Waals surface area contributed by atoms with Gasteiger partial charge in [-0.25, -0.2) is 9.18 Å². The number of fused-ring (bicyclic) bond motifs is 1. The Balaban J connectivity index is 1.50. The Kier molecular flexibility index (Phi) is 5.08. The van der Waals surface area contributed by atoms with Crippen LogP contribution in [-0.4, -0.2) is 17.7 Å². The van der Waals surface area contributed by atoms with Crippen molar-refractivity contribution in [3.05, 3.63) is 70.9 Å². The van der Waals surface area contributed by atoms with Crippen LogP contribution in [-0.2, 0) is 6.54 Å². The second-order valence-corrected chi connectivity index (χ2v) is 6.51. The smallest absolute Gasteiger partial charge is 0.315 e. The molecule has 0 radical (unpaired) electrons. The normalized spacial score (nSPS) is 12.1. The maximum atomic E-state index is 13.1. The molecule has 124 valence electrons. The number of nitrogens with one attached hydrogen (secondary N) is 2. The molecule has 3 rings (SSSR count). The SMILES string of the molecule is O=C(NCc1cccc(F)c1)NCC(O)c1cc2ccccc2s1. The Bertz CT molecular complexity index is 817. The standard InChI is InChI=1S/C18H17FN2O2S/c19-14-6-3-4-12(8-14)10-20-18(23)21-11-15(22)17-9-13-5-1-2-7-16(13)24-17/h1-9,15,22H,10-11H2,(H2,20,21,23). The number of rotatable bonds is 5.